The van der Waals surface area contributed by atoms with Gasteiger partial charge in [0.15, 0.2) is 0 Å². The number of hydrogen-bond donors (Lipinski definition) is 2. The van der Waals surface area contributed by atoms with Crippen LogP contribution in [0.3, 0.4) is 0 Å². The number of hydrogen-bond acceptors (Lipinski definition) is 3. The maximum atomic E-state index is 5.71. The van der Waals surface area contributed by atoms with Crippen molar-refractivity contribution in [3.63, 3.8) is 0 Å². The Hall–Kier alpha value is -1.25. The molecule has 4 N–H and O–H groups in total. The molecule has 0 saturated heterocycles. The fraction of sp³-hybridized carbons (Fsp3) is 0.375. The molecular weight excluding hydrogens is 138 g/mol. The predicted octanol–water partition coefficient (Wildman–Crippen LogP) is 1.17. The highest BCUT2D eigenvalue weighted by Crippen LogP contribution is 2.22. The van der Waals surface area contributed by atoms with Crippen LogP contribution in [0.5, 0.6) is 0 Å². The van der Waals surface area contributed by atoms with Crippen LogP contribution in [0.1, 0.15) is 17.0 Å². The molecule has 0 aliphatic carbocycles. The molecule has 0 atom stereocenters. The molecule has 3 nitrogen and oxygen atoms in total. The van der Waals surface area contributed by atoms with Crippen molar-refractivity contribution in [2.75, 3.05) is 11.5 Å². The summed E-state index contributed by atoms with van der Waals surface area (Å²) >= 11 is 0. The van der Waals surface area contributed by atoms with Gasteiger partial charge >= 0.3 is 0 Å². The Labute approximate surface area is 66.4 Å². The van der Waals surface area contributed by atoms with E-state index in [4.69, 9.17) is 11.5 Å². The largest absolute Gasteiger partial charge is 0.397 e. The highest BCUT2D eigenvalue weighted by Gasteiger charge is 2.05. The minimum Gasteiger partial charge on any atom is -0.397 e. The second-order valence-electron chi connectivity index (χ2n) is 2.73. The van der Waals surface area contributed by atoms with E-state index < -0.39 is 0 Å². The van der Waals surface area contributed by atoms with Crippen LogP contribution in [0.15, 0.2) is 0 Å². The van der Waals surface area contributed by atoms with Gasteiger partial charge in [-0.15, -0.1) is 0 Å². The zero-order valence-electron chi connectivity index (χ0n) is 7.10. The summed E-state index contributed by atoms with van der Waals surface area (Å²) in [5.74, 6) is 0. The zero-order valence-corrected chi connectivity index (χ0v) is 7.10. The van der Waals surface area contributed by atoms with Gasteiger partial charge in [0.05, 0.1) is 22.8 Å². The molecule has 1 aromatic rings. The second-order valence-corrected chi connectivity index (χ2v) is 2.73. The van der Waals surface area contributed by atoms with Gasteiger partial charge in [-0.3, -0.25) is 4.98 Å². The van der Waals surface area contributed by atoms with E-state index in [1.165, 1.54) is 0 Å². The lowest BCUT2D eigenvalue weighted by Gasteiger charge is -2.08. The van der Waals surface area contributed by atoms with Crippen LogP contribution in [-0.4, -0.2) is 4.98 Å². The number of nitrogens with zero attached hydrogens (tertiary/aromatic N) is 1. The molecule has 0 aromatic carbocycles. The van der Waals surface area contributed by atoms with Crippen molar-refractivity contribution in [2.24, 2.45) is 0 Å². The monoisotopic (exact) mass is 151 g/mol. The molecule has 0 saturated carbocycles. The third kappa shape index (κ3) is 1.13. The number of rotatable bonds is 0. The Morgan fingerprint density at radius 2 is 1.27 bits per heavy atom. The quantitative estimate of drug-likeness (QED) is 0.585. The minimum absolute atomic E-state index is 0.702. The molecular formula is C8H13N3. The normalized spacial score (nSPS) is 10.1. The molecule has 1 aromatic heterocycles. The molecule has 3 heteroatoms. The lowest BCUT2D eigenvalue weighted by molar-refractivity contribution is 1.12. The summed E-state index contributed by atoms with van der Waals surface area (Å²) in [6, 6.07) is 0. The van der Waals surface area contributed by atoms with Crippen molar-refractivity contribution in [1.82, 2.24) is 4.98 Å². The van der Waals surface area contributed by atoms with E-state index in [1.54, 1.807) is 0 Å². The van der Waals surface area contributed by atoms with E-state index in [-0.39, 0.29) is 0 Å². The van der Waals surface area contributed by atoms with Gasteiger partial charge in [-0.05, 0) is 26.3 Å². The second kappa shape index (κ2) is 2.42. The first kappa shape index (κ1) is 7.85. The minimum atomic E-state index is 0.702. The van der Waals surface area contributed by atoms with Crippen molar-refractivity contribution in [1.29, 1.82) is 0 Å². The summed E-state index contributed by atoms with van der Waals surface area (Å²) in [5.41, 5.74) is 15.5. The summed E-state index contributed by atoms with van der Waals surface area (Å²) in [7, 11) is 0. The Balaban J connectivity index is 3.46. The standard InChI is InChI=1S/C8H13N3/c1-4-7(9)5(2)11-6(3)8(4)10/h9-10H2,1-3H3. The summed E-state index contributed by atoms with van der Waals surface area (Å²) in [6.07, 6.45) is 0. The Morgan fingerprint density at radius 3 is 1.64 bits per heavy atom. The first-order valence-corrected chi connectivity index (χ1v) is 3.52. The van der Waals surface area contributed by atoms with Gasteiger partial charge in [-0.2, -0.15) is 0 Å². The van der Waals surface area contributed by atoms with Crippen LogP contribution in [0.2, 0.25) is 0 Å². The molecule has 1 rings (SSSR count). The fourth-order valence-corrected chi connectivity index (χ4v) is 1.06. The van der Waals surface area contributed by atoms with Gasteiger partial charge in [-0.25, -0.2) is 0 Å². The molecule has 0 radical (unpaired) electrons. The van der Waals surface area contributed by atoms with Crippen molar-refractivity contribution in [3.8, 4) is 0 Å². The number of aryl methyl sites for hydroxylation is 2. The van der Waals surface area contributed by atoms with Gasteiger partial charge in [0, 0.05) is 0 Å². The number of aromatic nitrogens is 1. The highest BCUT2D eigenvalue weighted by atomic mass is 14.8. The van der Waals surface area contributed by atoms with Crippen molar-refractivity contribution >= 4 is 11.4 Å². The lowest BCUT2D eigenvalue weighted by atomic mass is 10.1. The van der Waals surface area contributed by atoms with Gasteiger partial charge in [-0.1, -0.05) is 0 Å². The van der Waals surface area contributed by atoms with Gasteiger partial charge in [0.1, 0.15) is 0 Å². The average molecular weight is 151 g/mol. The number of nitrogen functional groups attached to an aromatic ring is 2. The summed E-state index contributed by atoms with van der Waals surface area (Å²) in [4.78, 5) is 4.18. The molecule has 1 heterocycles. The molecule has 0 aliphatic heterocycles. The van der Waals surface area contributed by atoms with E-state index in [0.717, 1.165) is 17.0 Å². The van der Waals surface area contributed by atoms with Crippen molar-refractivity contribution < 1.29 is 0 Å². The summed E-state index contributed by atoms with van der Waals surface area (Å²) in [6.45, 7) is 5.68. The van der Waals surface area contributed by atoms with Gasteiger partial charge in [0.25, 0.3) is 0 Å². The number of pyridine rings is 1. The number of anilines is 2. The molecule has 11 heavy (non-hydrogen) atoms. The Kier molecular flexibility index (Phi) is 1.72. The smallest absolute Gasteiger partial charge is 0.0609 e. The molecule has 0 aliphatic rings. The van der Waals surface area contributed by atoms with E-state index in [2.05, 4.69) is 4.98 Å². The molecule has 0 spiro atoms. The van der Waals surface area contributed by atoms with Crippen LogP contribution in [0.25, 0.3) is 0 Å². The third-order valence-electron chi connectivity index (χ3n) is 1.92. The van der Waals surface area contributed by atoms with E-state index in [9.17, 15) is 0 Å². The Morgan fingerprint density at radius 1 is 0.909 bits per heavy atom. The molecule has 60 valence electrons. The molecule has 0 amide bonds. The SMILES string of the molecule is Cc1nc(C)c(N)c(C)c1N. The van der Waals surface area contributed by atoms with Crippen LogP contribution in [0.4, 0.5) is 11.4 Å². The topological polar surface area (TPSA) is 64.9 Å². The fourth-order valence-electron chi connectivity index (χ4n) is 1.06. The van der Waals surface area contributed by atoms with Crippen LogP contribution >= 0.6 is 0 Å². The van der Waals surface area contributed by atoms with Gasteiger partial charge in [0.2, 0.25) is 0 Å². The first-order chi connectivity index (χ1) is 5.04. The maximum absolute atomic E-state index is 5.71. The van der Waals surface area contributed by atoms with E-state index in [1.807, 2.05) is 20.8 Å². The van der Waals surface area contributed by atoms with Crippen LogP contribution in [-0.2, 0) is 0 Å². The lowest BCUT2D eigenvalue weighted by Crippen LogP contribution is -2.03. The maximum Gasteiger partial charge on any atom is 0.0609 e. The highest BCUT2D eigenvalue weighted by molar-refractivity contribution is 5.64. The number of nitrogens with two attached hydrogens (primary N) is 2. The first-order valence-electron chi connectivity index (χ1n) is 3.52. The third-order valence-corrected chi connectivity index (χ3v) is 1.92. The molecule has 0 fully saturated rings. The van der Waals surface area contributed by atoms with Crippen molar-refractivity contribution in [2.45, 2.75) is 20.8 Å². The summed E-state index contributed by atoms with van der Waals surface area (Å²) < 4.78 is 0. The van der Waals surface area contributed by atoms with Crippen LogP contribution in [0, 0.1) is 20.8 Å². The van der Waals surface area contributed by atoms with Gasteiger partial charge < -0.3 is 11.5 Å². The van der Waals surface area contributed by atoms with E-state index in [0.29, 0.717) is 11.4 Å². The molecule has 0 bridgehead atoms. The Bertz CT molecular complexity index is 266. The predicted molar refractivity (Wildman–Crippen MR) is 47.3 cm³/mol. The zero-order chi connectivity index (χ0) is 8.59. The van der Waals surface area contributed by atoms with Crippen LogP contribution < -0.4 is 11.5 Å². The van der Waals surface area contributed by atoms with Crippen molar-refractivity contribution in [3.05, 3.63) is 17.0 Å². The summed E-state index contributed by atoms with van der Waals surface area (Å²) in [5, 5.41) is 0. The average Bonchev–Trinajstić information content (AvgIpc) is 1.97. The molecule has 0 unspecified atom stereocenters. The van der Waals surface area contributed by atoms with E-state index >= 15 is 0 Å².